The third-order valence-electron chi connectivity index (χ3n) is 4.98. The molecule has 0 atom stereocenters. The van der Waals surface area contributed by atoms with Crippen molar-refractivity contribution >= 4 is 40.3 Å². The first kappa shape index (κ1) is 25.2. The summed E-state index contributed by atoms with van der Waals surface area (Å²) in [5.74, 6) is 0.0919. The van der Waals surface area contributed by atoms with E-state index in [-0.39, 0.29) is 18.0 Å². The lowest BCUT2D eigenvalue weighted by atomic mass is 10.1. The Hall–Kier alpha value is -3.38. The molecule has 0 aliphatic heterocycles. The molecule has 0 unspecified atom stereocenters. The fourth-order valence-electron chi connectivity index (χ4n) is 3.30. The van der Waals surface area contributed by atoms with Crippen LogP contribution in [-0.2, 0) is 17.8 Å². The van der Waals surface area contributed by atoms with Crippen LogP contribution in [0.4, 0.5) is 10.1 Å². The number of halogens is 2. The number of para-hydroxylation sites is 1. The zero-order chi connectivity index (χ0) is 24.5. The monoisotopic (exact) mass is 570 g/mol. The Kier molecular flexibility index (Phi) is 9.05. The van der Waals surface area contributed by atoms with Crippen molar-refractivity contribution in [3.05, 3.63) is 92.3 Å². The first-order valence-electron chi connectivity index (χ1n) is 10.8. The second-order valence-electron chi connectivity index (χ2n) is 7.28. The lowest BCUT2D eigenvalue weighted by molar-refractivity contribution is -0.112. The Bertz CT molecular complexity index is 1250. The van der Waals surface area contributed by atoms with Gasteiger partial charge in [-0.15, -0.1) is 0 Å². The van der Waals surface area contributed by atoms with Crippen LogP contribution in [0.5, 0.6) is 11.5 Å². The molecule has 34 heavy (non-hydrogen) atoms. The van der Waals surface area contributed by atoms with Crippen LogP contribution in [-0.4, -0.2) is 12.5 Å². The highest BCUT2D eigenvalue weighted by molar-refractivity contribution is 14.1. The second-order valence-corrected chi connectivity index (χ2v) is 8.44. The van der Waals surface area contributed by atoms with Crippen LogP contribution < -0.4 is 14.8 Å². The Morgan fingerprint density at radius 2 is 1.79 bits per heavy atom. The molecule has 0 heterocycles. The highest BCUT2D eigenvalue weighted by Crippen LogP contribution is 2.35. The predicted molar refractivity (Wildman–Crippen MR) is 139 cm³/mol. The van der Waals surface area contributed by atoms with Gasteiger partial charge in [0.15, 0.2) is 11.5 Å². The number of carbonyl (C=O) groups is 1. The molecular weight excluding hydrogens is 546 g/mol. The molecule has 0 saturated heterocycles. The average Bonchev–Trinajstić information content (AvgIpc) is 2.83. The van der Waals surface area contributed by atoms with Gasteiger partial charge in [0, 0.05) is 11.3 Å². The van der Waals surface area contributed by atoms with Crippen molar-refractivity contribution in [1.29, 1.82) is 5.26 Å². The van der Waals surface area contributed by atoms with E-state index in [2.05, 4.69) is 27.9 Å². The molecule has 1 N–H and O–H groups in total. The van der Waals surface area contributed by atoms with E-state index in [0.717, 1.165) is 12.0 Å². The molecule has 0 bridgehead atoms. The second kappa shape index (κ2) is 12.2. The molecule has 0 radical (unpaired) electrons. The van der Waals surface area contributed by atoms with Crippen molar-refractivity contribution in [1.82, 2.24) is 0 Å². The molecule has 0 saturated carbocycles. The van der Waals surface area contributed by atoms with Crippen LogP contribution in [0, 0.1) is 20.7 Å². The number of ether oxygens (including phenoxy) is 2. The van der Waals surface area contributed by atoms with Gasteiger partial charge in [0.2, 0.25) is 0 Å². The third-order valence-corrected chi connectivity index (χ3v) is 5.79. The maximum absolute atomic E-state index is 14.0. The smallest absolute Gasteiger partial charge is 0.266 e. The number of nitrogens with one attached hydrogen (secondary N) is 1. The largest absolute Gasteiger partial charge is 0.490 e. The maximum Gasteiger partial charge on any atom is 0.266 e. The minimum atomic E-state index is -0.490. The van der Waals surface area contributed by atoms with Gasteiger partial charge in [-0.1, -0.05) is 43.3 Å². The molecule has 3 aromatic rings. The lowest BCUT2D eigenvalue weighted by Gasteiger charge is -2.15. The molecule has 1 amide bonds. The SMILES string of the molecule is CCOc1cc(/C=C(\C#N)C(=O)Nc2ccccc2CC)cc(I)c1OCc1ccccc1F. The fraction of sp³-hybridized carbons (Fsp3) is 0.185. The van der Waals surface area contributed by atoms with Gasteiger partial charge < -0.3 is 14.8 Å². The number of nitrogens with zero attached hydrogens (tertiary/aromatic N) is 1. The predicted octanol–water partition coefficient (Wildman–Crippen LogP) is 6.52. The van der Waals surface area contributed by atoms with Crippen LogP contribution in [0.15, 0.2) is 66.2 Å². The summed E-state index contributed by atoms with van der Waals surface area (Å²) in [5, 5.41) is 12.4. The Labute approximate surface area is 212 Å². The summed E-state index contributed by atoms with van der Waals surface area (Å²) in [6.07, 6.45) is 2.27. The molecule has 5 nitrogen and oxygen atoms in total. The summed E-state index contributed by atoms with van der Waals surface area (Å²) >= 11 is 2.10. The van der Waals surface area contributed by atoms with Crippen molar-refractivity contribution in [2.75, 3.05) is 11.9 Å². The molecule has 0 spiro atoms. The Morgan fingerprint density at radius 1 is 1.09 bits per heavy atom. The normalized spacial score (nSPS) is 11.0. The summed E-state index contributed by atoms with van der Waals surface area (Å²) in [6.45, 7) is 4.27. The van der Waals surface area contributed by atoms with Gasteiger partial charge in [0.25, 0.3) is 5.91 Å². The van der Waals surface area contributed by atoms with E-state index in [0.29, 0.717) is 38.5 Å². The van der Waals surface area contributed by atoms with E-state index in [1.54, 1.807) is 30.3 Å². The summed E-state index contributed by atoms with van der Waals surface area (Å²) in [5.41, 5.74) is 2.67. The van der Waals surface area contributed by atoms with E-state index in [1.807, 2.05) is 44.2 Å². The number of rotatable bonds is 9. The summed E-state index contributed by atoms with van der Waals surface area (Å²) in [6, 6.07) is 19.4. The molecule has 3 aromatic carbocycles. The fourth-order valence-corrected chi connectivity index (χ4v) is 4.08. The summed E-state index contributed by atoms with van der Waals surface area (Å²) in [7, 11) is 0. The van der Waals surface area contributed by atoms with Gasteiger partial charge in [-0.25, -0.2) is 4.39 Å². The van der Waals surface area contributed by atoms with E-state index < -0.39 is 5.91 Å². The van der Waals surface area contributed by atoms with E-state index in [9.17, 15) is 14.4 Å². The number of nitriles is 1. The minimum absolute atomic E-state index is 0.0378. The number of aryl methyl sites for hydroxylation is 1. The number of benzene rings is 3. The molecule has 7 heteroatoms. The van der Waals surface area contributed by atoms with Crippen LogP contribution in [0.3, 0.4) is 0 Å². The third kappa shape index (κ3) is 6.35. The topological polar surface area (TPSA) is 71.3 Å². The molecular formula is C27H24FIN2O3. The van der Waals surface area contributed by atoms with Gasteiger partial charge >= 0.3 is 0 Å². The lowest BCUT2D eigenvalue weighted by Crippen LogP contribution is -2.14. The molecule has 174 valence electrons. The number of anilines is 1. The first-order valence-corrected chi connectivity index (χ1v) is 11.9. The van der Waals surface area contributed by atoms with Crippen molar-refractivity contribution in [2.45, 2.75) is 26.9 Å². The Balaban J connectivity index is 1.87. The van der Waals surface area contributed by atoms with Gasteiger partial charge in [-0.05, 0) is 77.4 Å². The molecule has 0 fully saturated rings. The van der Waals surface area contributed by atoms with Crippen molar-refractivity contribution in [3.8, 4) is 17.6 Å². The van der Waals surface area contributed by atoms with Gasteiger partial charge in [0.1, 0.15) is 24.1 Å². The molecule has 0 aromatic heterocycles. The van der Waals surface area contributed by atoms with E-state index >= 15 is 0 Å². The van der Waals surface area contributed by atoms with Crippen LogP contribution in [0.1, 0.15) is 30.5 Å². The van der Waals surface area contributed by atoms with Crippen molar-refractivity contribution < 1.29 is 18.7 Å². The van der Waals surface area contributed by atoms with Crippen molar-refractivity contribution in [2.24, 2.45) is 0 Å². The number of amides is 1. The number of carbonyl (C=O) groups excluding carboxylic acids is 1. The first-order chi connectivity index (χ1) is 16.5. The van der Waals surface area contributed by atoms with Gasteiger partial charge in [-0.3, -0.25) is 4.79 Å². The number of hydrogen-bond donors (Lipinski definition) is 1. The van der Waals surface area contributed by atoms with Crippen molar-refractivity contribution in [3.63, 3.8) is 0 Å². The maximum atomic E-state index is 14.0. The van der Waals surface area contributed by atoms with Gasteiger partial charge in [0.05, 0.1) is 10.2 Å². The summed E-state index contributed by atoms with van der Waals surface area (Å²) < 4.78 is 26.3. The zero-order valence-corrected chi connectivity index (χ0v) is 21.1. The van der Waals surface area contributed by atoms with Crippen LogP contribution in [0.25, 0.3) is 6.08 Å². The standard InChI is InChI=1S/C27H24FIN2O3/c1-3-19-9-6-8-12-24(19)31-27(32)21(16-30)13-18-14-23(29)26(25(15-18)33-4-2)34-17-20-10-5-7-11-22(20)28/h5-15H,3-4,17H2,1-2H3,(H,31,32)/b21-13+. The number of hydrogen-bond acceptors (Lipinski definition) is 4. The highest BCUT2D eigenvalue weighted by Gasteiger charge is 2.16. The van der Waals surface area contributed by atoms with E-state index in [4.69, 9.17) is 9.47 Å². The zero-order valence-electron chi connectivity index (χ0n) is 18.9. The summed E-state index contributed by atoms with van der Waals surface area (Å²) in [4.78, 5) is 12.8. The Morgan fingerprint density at radius 3 is 2.47 bits per heavy atom. The van der Waals surface area contributed by atoms with Gasteiger partial charge in [-0.2, -0.15) is 5.26 Å². The molecule has 0 aliphatic carbocycles. The average molecular weight is 570 g/mol. The van der Waals surface area contributed by atoms with Crippen LogP contribution >= 0.6 is 22.6 Å². The highest BCUT2D eigenvalue weighted by atomic mass is 127. The quantitative estimate of drug-likeness (QED) is 0.181. The minimum Gasteiger partial charge on any atom is -0.490 e. The molecule has 0 aliphatic rings. The molecule has 3 rings (SSSR count). The van der Waals surface area contributed by atoms with E-state index in [1.165, 1.54) is 12.1 Å². The van der Waals surface area contributed by atoms with Crippen LogP contribution in [0.2, 0.25) is 0 Å².